The third-order valence-corrected chi connectivity index (χ3v) is 6.75. The van der Waals surface area contributed by atoms with Crippen molar-refractivity contribution in [2.75, 3.05) is 5.32 Å². The molecule has 3 heterocycles. The first-order chi connectivity index (χ1) is 12.7. The number of thiophene rings is 1. The SMILES string of the molecule is CCC(CC)c1nnc(NC(=O)c2cc3c(s2)-c2ccccc2OC3)s1. The predicted octanol–water partition coefficient (Wildman–Crippen LogP) is 5.31. The van der Waals surface area contributed by atoms with Crippen LogP contribution >= 0.6 is 22.7 Å². The monoisotopic (exact) mass is 385 g/mol. The number of rotatable bonds is 5. The zero-order chi connectivity index (χ0) is 18.1. The Morgan fingerprint density at radius 2 is 2.04 bits per heavy atom. The number of para-hydroxylation sites is 1. The van der Waals surface area contributed by atoms with Gasteiger partial charge in [0.1, 0.15) is 17.4 Å². The number of nitrogens with one attached hydrogen (secondary N) is 1. The summed E-state index contributed by atoms with van der Waals surface area (Å²) in [7, 11) is 0. The smallest absolute Gasteiger partial charge is 0.267 e. The van der Waals surface area contributed by atoms with E-state index in [-0.39, 0.29) is 5.91 Å². The van der Waals surface area contributed by atoms with E-state index >= 15 is 0 Å². The maximum absolute atomic E-state index is 12.7. The van der Waals surface area contributed by atoms with E-state index in [1.165, 1.54) is 22.7 Å². The Balaban J connectivity index is 1.55. The van der Waals surface area contributed by atoms with Gasteiger partial charge in [0.25, 0.3) is 5.91 Å². The number of fused-ring (bicyclic) bond motifs is 3. The molecule has 26 heavy (non-hydrogen) atoms. The summed E-state index contributed by atoms with van der Waals surface area (Å²) in [5.74, 6) is 1.13. The summed E-state index contributed by atoms with van der Waals surface area (Å²) in [6, 6.07) is 9.83. The number of ether oxygens (including phenoxy) is 1. The number of amides is 1. The van der Waals surface area contributed by atoms with E-state index in [0.29, 0.717) is 22.5 Å². The normalized spacial score (nSPS) is 12.4. The van der Waals surface area contributed by atoms with Crippen LogP contribution in [0.15, 0.2) is 30.3 Å². The van der Waals surface area contributed by atoms with E-state index in [2.05, 4.69) is 29.4 Å². The van der Waals surface area contributed by atoms with Gasteiger partial charge in [-0.15, -0.1) is 21.5 Å². The number of anilines is 1. The lowest BCUT2D eigenvalue weighted by molar-refractivity contribution is 0.103. The van der Waals surface area contributed by atoms with Crippen LogP contribution in [0.4, 0.5) is 5.13 Å². The van der Waals surface area contributed by atoms with Gasteiger partial charge >= 0.3 is 0 Å². The van der Waals surface area contributed by atoms with E-state index < -0.39 is 0 Å². The molecule has 1 aliphatic rings. The molecule has 0 unspecified atom stereocenters. The van der Waals surface area contributed by atoms with E-state index in [0.717, 1.165) is 39.6 Å². The molecule has 2 aromatic heterocycles. The Labute approximate surface area is 160 Å². The average molecular weight is 386 g/mol. The molecule has 1 N–H and O–H groups in total. The minimum Gasteiger partial charge on any atom is -0.488 e. The van der Waals surface area contributed by atoms with Crippen molar-refractivity contribution in [1.29, 1.82) is 0 Å². The van der Waals surface area contributed by atoms with Crippen LogP contribution in [0, 0.1) is 0 Å². The van der Waals surface area contributed by atoms with Crippen molar-refractivity contribution in [3.05, 3.63) is 45.8 Å². The van der Waals surface area contributed by atoms with Gasteiger partial charge in [0.15, 0.2) is 0 Å². The van der Waals surface area contributed by atoms with Gasteiger partial charge in [-0.3, -0.25) is 10.1 Å². The molecule has 1 aliphatic heterocycles. The first-order valence-corrected chi connectivity index (χ1v) is 10.3. The van der Waals surface area contributed by atoms with Gasteiger partial charge in [0.2, 0.25) is 5.13 Å². The van der Waals surface area contributed by atoms with Crippen molar-refractivity contribution in [2.24, 2.45) is 0 Å². The zero-order valence-electron chi connectivity index (χ0n) is 14.6. The molecule has 3 aromatic rings. The van der Waals surface area contributed by atoms with Gasteiger partial charge in [-0.25, -0.2) is 0 Å². The maximum atomic E-state index is 12.7. The second-order valence-corrected chi connectivity index (χ2v) is 8.22. The molecule has 134 valence electrons. The van der Waals surface area contributed by atoms with Crippen LogP contribution in [0.25, 0.3) is 10.4 Å². The highest BCUT2D eigenvalue weighted by Gasteiger charge is 2.23. The molecule has 0 radical (unpaired) electrons. The fraction of sp³-hybridized carbons (Fsp3) is 0.316. The van der Waals surface area contributed by atoms with Crippen LogP contribution in [0.5, 0.6) is 5.75 Å². The van der Waals surface area contributed by atoms with E-state index in [9.17, 15) is 4.79 Å². The lowest BCUT2D eigenvalue weighted by Gasteiger charge is -2.16. The molecule has 0 fully saturated rings. The van der Waals surface area contributed by atoms with Crippen molar-refractivity contribution in [3.8, 4) is 16.2 Å². The molecule has 4 rings (SSSR count). The van der Waals surface area contributed by atoms with Crippen LogP contribution in [0.3, 0.4) is 0 Å². The number of hydrogen-bond donors (Lipinski definition) is 1. The van der Waals surface area contributed by atoms with Crippen LogP contribution in [-0.2, 0) is 6.61 Å². The number of carbonyl (C=O) groups excluding carboxylic acids is 1. The first kappa shape index (κ1) is 17.2. The topological polar surface area (TPSA) is 64.1 Å². The van der Waals surface area contributed by atoms with Gasteiger partial charge in [-0.1, -0.05) is 37.3 Å². The molecule has 0 saturated carbocycles. The van der Waals surface area contributed by atoms with Gasteiger partial charge in [-0.2, -0.15) is 0 Å². The summed E-state index contributed by atoms with van der Waals surface area (Å²) in [6.07, 6.45) is 2.05. The van der Waals surface area contributed by atoms with E-state index in [1.54, 1.807) is 0 Å². The molecule has 1 amide bonds. The van der Waals surface area contributed by atoms with Crippen molar-refractivity contribution in [1.82, 2.24) is 10.2 Å². The summed E-state index contributed by atoms with van der Waals surface area (Å²) in [5.41, 5.74) is 2.10. The number of hydrogen-bond acceptors (Lipinski definition) is 6. The van der Waals surface area contributed by atoms with Crippen molar-refractivity contribution in [3.63, 3.8) is 0 Å². The molecule has 5 nitrogen and oxygen atoms in total. The first-order valence-electron chi connectivity index (χ1n) is 8.69. The Morgan fingerprint density at radius 1 is 1.23 bits per heavy atom. The number of nitrogens with zero attached hydrogens (tertiary/aromatic N) is 2. The van der Waals surface area contributed by atoms with Crippen LogP contribution in [0.2, 0.25) is 0 Å². The van der Waals surface area contributed by atoms with Crippen LogP contribution < -0.4 is 10.1 Å². The van der Waals surface area contributed by atoms with Crippen molar-refractivity contribution < 1.29 is 9.53 Å². The molecule has 0 saturated heterocycles. The minimum atomic E-state index is -0.144. The molecule has 0 bridgehead atoms. The molecule has 0 aliphatic carbocycles. The predicted molar refractivity (Wildman–Crippen MR) is 105 cm³/mol. The minimum absolute atomic E-state index is 0.144. The second kappa shape index (κ2) is 7.17. The number of benzene rings is 1. The summed E-state index contributed by atoms with van der Waals surface area (Å²) in [4.78, 5) is 14.4. The van der Waals surface area contributed by atoms with Crippen LogP contribution in [0.1, 0.15) is 52.8 Å². The van der Waals surface area contributed by atoms with Gasteiger partial charge in [0.05, 0.1) is 4.88 Å². The fourth-order valence-electron chi connectivity index (χ4n) is 3.06. The van der Waals surface area contributed by atoms with Crippen molar-refractivity contribution >= 4 is 33.7 Å². The second-order valence-electron chi connectivity index (χ2n) is 6.16. The summed E-state index contributed by atoms with van der Waals surface area (Å²) >= 11 is 2.95. The molecule has 1 aromatic carbocycles. The molecule has 0 spiro atoms. The van der Waals surface area contributed by atoms with Gasteiger partial charge < -0.3 is 4.74 Å². The Kier molecular flexibility index (Phi) is 4.74. The molecule has 0 atom stereocenters. The van der Waals surface area contributed by atoms with Gasteiger partial charge in [-0.05, 0) is 31.0 Å². The van der Waals surface area contributed by atoms with Crippen molar-refractivity contribution in [2.45, 2.75) is 39.2 Å². The maximum Gasteiger partial charge on any atom is 0.267 e. The third kappa shape index (κ3) is 3.12. The fourth-order valence-corrected chi connectivity index (χ4v) is 5.16. The third-order valence-electron chi connectivity index (χ3n) is 4.54. The zero-order valence-corrected chi connectivity index (χ0v) is 16.2. The largest absolute Gasteiger partial charge is 0.488 e. The number of carbonyl (C=O) groups is 1. The highest BCUT2D eigenvalue weighted by Crippen LogP contribution is 2.42. The average Bonchev–Trinajstić information content (AvgIpc) is 3.30. The van der Waals surface area contributed by atoms with Crippen LogP contribution in [-0.4, -0.2) is 16.1 Å². The summed E-state index contributed by atoms with van der Waals surface area (Å²) < 4.78 is 5.77. The Hall–Kier alpha value is -2.25. The van der Waals surface area contributed by atoms with E-state index in [4.69, 9.17) is 4.74 Å². The molecular weight excluding hydrogens is 366 g/mol. The molecule has 7 heteroatoms. The molecular formula is C19H19N3O2S2. The lowest BCUT2D eigenvalue weighted by atomic mass is 10.1. The Bertz CT molecular complexity index is 944. The highest BCUT2D eigenvalue weighted by atomic mass is 32.1. The lowest BCUT2D eigenvalue weighted by Crippen LogP contribution is -2.09. The quantitative estimate of drug-likeness (QED) is 0.646. The highest BCUT2D eigenvalue weighted by molar-refractivity contribution is 7.18. The van der Waals surface area contributed by atoms with E-state index in [1.807, 2.05) is 30.3 Å². The van der Waals surface area contributed by atoms with Gasteiger partial charge in [0, 0.05) is 21.9 Å². The standard InChI is InChI=1S/C19H19N3O2S2/c1-3-11(4-2)18-21-22-19(26-18)20-17(23)15-9-12-10-24-14-8-6-5-7-13(14)16(12)25-15/h5-9,11H,3-4,10H2,1-2H3,(H,20,22,23). The number of aromatic nitrogens is 2. The summed E-state index contributed by atoms with van der Waals surface area (Å²) in [6.45, 7) is 4.78. The summed E-state index contributed by atoms with van der Waals surface area (Å²) in [5, 5.41) is 12.8. The Morgan fingerprint density at radius 3 is 2.85 bits per heavy atom.